The molecule has 1 aliphatic rings. The third kappa shape index (κ3) is 3.84. The molecule has 1 fully saturated rings. The molecule has 1 saturated heterocycles. The standard InChI is InChI=1S/C18H19ClN4O2/c1-23-7-6-21-17(23)16-13(3-2-8-25-16)11-22-18(24)14-9-12(10-20)4-5-15(14)19/h4-7,9,13,16H,2-3,8,11H2,1H3,(H,22,24)/t13-,16+/m0/s1. The molecule has 2 aromatic rings. The molecule has 1 aliphatic heterocycles. The molecule has 7 heteroatoms. The van der Waals surface area contributed by atoms with Gasteiger partial charge in [-0.15, -0.1) is 0 Å². The largest absolute Gasteiger partial charge is 0.370 e. The molecule has 1 N–H and O–H groups in total. The van der Waals surface area contributed by atoms with Crippen LogP contribution in [0, 0.1) is 17.2 Å². The van der Waals surface area contributed by atoms with Gasteiger partial charge in [0.05, 0.1) is 22.2 Å². The molecule has 25 heavy (non-hydrogen) atoms. The number of rotatable bonds is 4. The fraction of sp³-hybridized carbons (Fsp3) is 0.389. The van der Waals surface area contributed by atoms with E-state index >= 15 is 0 Å². The Labute approximate surface area is 151 Å². The number of ether oxygens (including phenoxy) is 1. The Morgan fingerprint density at radius 2 is 2.40 bits per heavy atom. The van der Waals surface area contributed by atoms with Crippen LogP contribution in [0.25, 0.3) is 0 Å². The van der Waals surface area contributed by atoms with Gasteiger partial charge in [-0.2, -0.15) is 5.26 Å². The van der Waals surface area contributed by atoms with E-state index in [0.29, 0.717) is 29.3 Å². The molecule has 6 nitrogen and oxygen atoms in total. The minimum absolute atomic E-state index is 0.136. The zero-order valence-electron chi connectivity index (χ0n) is 13.9. The number of hydrogen-bond donors (Lipinski definition) is 1. The monoisotopic (exact) mass is 358 g/mol. The Balaban J connectivity index is 1.70. The van der Waals surface area contributed by atoms with E-state index in [-0.39, 0.29) is 17.9 Å². The number of halogens is 1. The van der Waals surface area contributed by atoms with E-state index in [2.05, 4.69) is 10.3 Å². The summed E-state index contributed by atoms with van der Waals surface area (Å²) in [6, 6.07) is 6.68. The number of amides is 1. The average Bonchev–Trinajstić information content (AvgIpc) is 3.06. The van der Waals surface area contributed by atoms with Crippen molar-refractivity contribution >= 4 is 17.5 Å². The first-order valence-corrected chi connectivity index (χ1v) is 8.54. The minimum atomic E-state index is -0.286. The van der Waals surface area contributed by atoms with Gasteiger partial charge >= 0.3 is 0 Å². The van der Waals surface area contributed by atoms with Gasteiger partial charge in [0, 0.05) is 38.5 Å². The van der Waals surface area contributed by atoms with E-state index in [1.54, 1.807) is 18.3 Å². The van der Waals surface area contributed by atoms with Crippen molar-refractivity contribution in [1.29, 1.82) is 5.26 Å². The molecular weight excluding hydrogens is 340 g/mol. The van der Waals surface area contributed by atoms with Gasteiger partial charge in [0.1, 0.15) is 11.9 Å². The summed E-state index contributed by atoms with van der Waals surface area (Å²) in [4.78, 5) is 16.8. The van der Waals surface area contributed by atoms with Crippen molar-refractivity contribution in [3.63, 3.8) is 0 Å². The molecule has 1 aromatic heterocycles. The molecule has 1 aromatic carbocycles. The smallest absolute Gasteiger partial charge is 0.252 e. The highest BCUT2D eigenvalue weighted by Crippen LogP contribution is 2.32. The molecule has 0 spiro atoms. The average molecular weight is 359 g/mol. The van der Waals surface area contributed by atoms with Crippen molar-refractivity contribution in [3.8, 4) is 6.07 Å². The molecule has 3 rings (SSSR count). The maximum atomic E-state index is 12.5. The number of aryl methyl sites for hydroxylation is 1. The number of carbonyl (C=O) groups excluding carboxylic acids is 1. The Hall–Kier alpha value is -2.36. The summed E-state index contributed by atoms with van der Waals surface area (Å²) in [7, 11) is 1.93. The Morgan fingerprint density at radius 1 is 1.56 bits per heavy atom. The van der Waals surface area contributed by atoms with Crippen molar-refractivity contribution in [2.45, 2.75) is 18.9 Å². The first-order valence-electron chi connectivity index (χ1n) is 8.17. The summed E-state index contributed by atoms with van der Waals surface area (Å²) < 4.78 is 7.85. The van der Waals surface area contributed by atoms with E-state index in [1.807, 2.05) is 23.9 Å². The van der Waals surface area contributed by atoms with Gasteiger partial charge in [0.15, 0.2) is 0 Å². The molecule has 1 amide bonds. The van der Waals surface area contributed by atoms with Crippen molar-refractivity contribution in [3.05, 3.63) is 52.6 Å². The summed E-state index contributed by atoms with van der Waals surface area (Å²) in [6.45, 7) is 1.15. The predicted molar refractivity (Wildman–Crippen MR) is 93.1 cm³/mol. The third-order valence-electron chi connectivity index (χ3n) is 4.42. The van der Waals surface area contributed by atoms with Crippen LogP contribution in [0.1, 0.15) is 40.7 Å². The van der Waals surface area contributed by atoms with E-state index in [9.17, 15) is 4.79 Å². The second-order valence-electron chi connectivity index (χ2n) is 6.11. The number of carbonyl (C=O) groups is 1. The topological polar surface area (TPSA) is 79.9 Å². The highest BCUT2D eigenvalue weighted by atomic mass is 35.5. The third-order valence-corrected chi connectivity index (χ3v) is 4.75. The van der Waals surface area contributed by atoms with Gasteiger partial charge < -0.3 is 14.6 Å². The second kappa shape index (κ2) is 7.68. The first-order chi connectivity index (χ1) is 12.1. The zero-order chi connectivity index (χ0) is 17.8. The highest BCUT2D eigenvalue weighted by Gasteiger charge is 2.30. The van der Waals surface area contributed by atoms with Gasteiger partial charge in [-0.25, -0.2) is 4.98 Å². The maximum absolute atomic E-state index is 12.5. The minimum Gasteiger partial charge on any atom is -0.370 e. The Morgan fingerprint density at radius 3 is 3.12 bits per heavy atom. The van der Waals surface area contributed by atoms with Crippen molar-refractivity contribution in [1.82, 2.24) is 14.9 Å². The van der Waals surface area contributed by atoms with Crippen LogP contribution in [-0.4, -0.2) is 28.6 Å². The van der Waals surface area contributed by atoms with Crippen molar-refractivity contribution < 1.29 is 9.53 Å². The normalized spacial score (nSPS) is 20.0. The van der Waals surface area contributed by atoms with Gasteiger partial charge in [0.25, 0.3) is 5.91 Å². The van der Waals surface area contributed by atoms with Crippen LogP contribution in [-0.2, 0) is 11.8 Å². The number of benzene rings is 1. The molecule has 0 saturated carbocycles. The number of nitrogens with one attached hydrogen (secondary N) is 1. The summed E-state index contributed by atoms with van der Waals surface area (Å²) >= 11 is 6.09. The first kappa shape index (κ1) is 17.5. The number of hydrogen-bond acceptors (Lipinski definition) is 4. The molecule has 0 bridgehead atoms. The lowest BCUT2D eigenvalue weighted by molar-refractivity contribution is -0.0337. The van der Waals surface area contributed by atoms with Crippen LogP contribution in [0.2, 0.25) is 5.02 Å². The fourth-order valence-electron chi connectivity index (χ4n) is 3.08. The molecule has 0 radical (unpaired) electrons. The fourth-order valence-corrected chi connectivity index (χ4v) is 3.28. The summed E-state index contributed by atoms with van der Waals surface area (Å²) in [6.07, 6.45) is 5.39. The second-order valence-corrected chi connectivity index (χ2v) is 6.51. The number of aromatic nitrogens is 2. The summed E-state index contributed by atoms with van der Waals surface area (Å²) in [5, 5.41) is 12.2. The summed E-state index contributed by atoms with van der Waals surface area (Å²) in [5.41, 5.74) is 0.715. The number of nitrogens with zero attached hydrogens (tertiary/aromatic N) is 3. The predicted octanol–water partition coefficient (Wildman–Crippen LogP) is 2.84. The van der Waals surface area contributed by atoms with Crippen LogP contribution in [0.3, 0.4) is 0 Å². The number of imidazole rings is 1. The zero-order valence-corrected chi connectivity index (χ0v) is 14.7. The van der Waals surface area contributed by atoms with Gasteiger partial charge in [0.2, 0.25) is 0 Å². The van der Waals surface area contributed by atoms with Crippen LogP contribution >= 0.6 is 11.6 Å². The molecular formula is C18H19ClN4O2. The molecule has 0 unspecified atom stereocenters. The van der Waals surface area contributed by atoms with Crippen LogP contribution in [0.5, 0.6) is 0 Å². The van der Waals surface area contributed by atoms with Crippen molar-refractivity contribution in [2.24, 2.45) is 13.0 Å². The molecule has 0 aliphatic carbocycles. The van der Waals surface area contributed by atoms with E-state index in [0.717, 1.165) is 18.7 Å². The molecule has 2 heterocycles. The number of nitriles is 1. The quantitative estimate of drug-likeness (QED) is 0.911. The molecule has 2 atom stereocenters. The molecule has 130 valence electrons. The van der Waals surface area contributed by atoms with E-state index < -0.39 is 0 Å². The Bertz CT molecular complexity index is 812. The summed E-state index contributed by atoms with van der Waals surface area (Å²) in [5.74, 6) is 0.714. The SMILES string of the molecule is Cn1ccnc1[C@@H]1OCCC[C@H]1CNC(=O)c1cc(C#N)ccc1Cl. The van der Waals surface area contributed by atoms with Crippen LogP contribution in [0.4, 0.5) is 0 Å². The van der Waals surface area contributed by atoms with Gasteiger partial charge in [-0.05, 0) is 31.0 Å². The Kier molecular flexibility index (Phi) is 5.37. The maximum Gasteiger partial charge on any atom is 0.252 e. The lowest BCUT2D eigenvalue weighted by Gasteiger charge is -2.31. The van der Waals surface area contributed by atoms with E-state index in [1.165, 1.54) is 6.07 Å². The lowest BCUT2D eigenvalue weighted by Crippen LogP contribution is -2.36. The van der Waals surface area contributed by atoms with E-state index in [4.69, 9.17) is 21.6 Å². The lowest BCUT2D eigenvalue weighted by atomic mass is 9.93. The highest BCUT2D eigenvalue weighted by molar-refractivity contribution is 6.33. The van der Waals surface area contributed by atoms with Crippen LogP contribution in [0.15, 0.2) is 30.6 Å². The van der Waals surface area contributed by atoms with Crippen molar-refractivity contribution in [2.75, 3.05) is 13.2 Å². The van der Waals surface area contributed by atoms with Gasteiger partial charge in [-0.3, -0.25) is 4.79 Å². The van der Waals surface area contributed by atoms with Crippen LogP contribution < -0.4 is 5.32 Å². The van der Waals surface area contributed by atoms with Gasteiger partial charge in [-0.1, -0.05) is 11.6 Å².